The molecule has 0 radical (unpaired) electrons. The molecular weight excluding hydrogens is 440 g/mol. The summed E-state index contributed by atoms with van der Waals surface area (Å²) in [6, 6.07) is 3.90. The van der Waals surface area contributed by atoms with E-state index in [0.29, 0.717) is 25.3 Å². The number of aromatic amines is 1. The minimum Gasteiger partial charge on any atom is -0.494 e. The topological polar surface area (TPSA) is 116 Å². The lowest BCUT2D eigenvalue weighted by molar-refractivity contribution is -0.136. The zero-order valence-electron chi connectivity index (χ0n) is 18.6. The van der Waals surface area contributed by atoms with Crippen LogP contribution in [0.15, 0.2) is 24.7 Å². The first-order valence-electron chi connectivity index (χ1n) is 11.1. The van der Waals surface area contributed by atoms with Crippen LogP contribution in [0.1, 0.15) is 23.8 Å². The van der Waals surface area contributed by atoms with E-state index in [0.717, 1.165) is 45.5 Å². The SMILES string of the molecule is CCN(CCO)C(=O)[C@H]1CCc2c(sc3ncnc(Nc4cc5cn[nH]c5cc4OC)c23)C1. The molecule has 1 aliphatic carbocycles. The van der Waals surface area contributed by atoms with Crippen molar-refractivity contribution in [2.24, 2.45) is 5.92 Å². The number of methoxy groups -OCH3 is 1. The Morgan fingerprint density at radius 1 is 1.39 bits per heavy atom. The van der Waals surface area contributed by atoms with Gasteiger partial charge in [-0.2, -0.15) is 5.10 Å². The zero-order chi connectivity index (χ0) is 22.9. The third-order valence-electron chi connectivity index (χ3n) is 6.27. The first-order valence-corrected chi connectivity index (χ1v) is 11.9. The van der Waals surface area contributed by atoms with Gasteiger partial charge in [-0.05, 0) is 37.8 Å². The van der Waals surface area contributed by atoms with Crippen molar-refractivity contribution < 1.29 is 14.6 Å². The van der Waals surface area contributed by atoms with E-state index in [4.69, 9.17) is 4.74 Å². The molecule has 0 saturated heterocycles. The minimum atomic E-state index is -0.0648. The number of anilines is 2. The van der Waals surface area contributed by atoms with Crippen molar-refractivity contribution >= 4 is 49.9 Å². The molecule has 5 rings (SSSR count). The Morgan fingerprint density at radius 2 is 2.27 bits per heavy atom. The van der Waals surface area contributed by atoms with Crippen LogP contribution in [0.2, 0.25) is 0 Å². The fourth-order valence-corrected chi connectivity index (χ4v) is 5.85. The molecule has 1 atom stereocenters. The summed E-state index contributed by atoms with van der Waals surface area (Å²) in [6.45, 7) is 2.92. The Bertz CT molecular complexity index is 1320. The maximum absolute atomic E-state index is 13.0. The van der Waals surface area contributed by atoms with Crippen molar-refractivity contribution in [2.75, 3.05) is 32.1 Å². The molecule has 3 N–H and O–H groups in total. The molecule has 33 heavy (non-hydrogen) atoms. The second-order valence-corrected chi connectivity index (χ2v) is 9.21. The second-order valence-electron chi connectivity index (χ2n) is 8.12. The van der Waals surface area contributed by atoms with Gasteiger partial charge in [-0.1, -0.05) is 0 Å². The molecule has 10 heteroatoms. The van der Waals surface area contributed by atoms with E-state index in [2.05, 4.69) is 25.5 Å². The standard InChI is InChI=1S/C23H26N6O3S/c1-3-29(6-7-30)23(31)13-4-5-15-19(9-13)33-22-20(15)21(24-12-25-22)27-17-8-14-11-26-28-16(14)10-18(17)32-2/h8,10-13,30H,3-7,9H2,1-2H3,(H,26,28)(H,24,25,27)/t13-/m0/s1. The summed E-state index contributed by atoms with van der Waals surface area (Å²) < 4.78 is 5.58. The van der Waals surface area contributed by atoms with Crippen LogP contribution in [0.5, 0.6) is 5.75 Å². The number of aliphatic hydroxyl groups is 1. The molecule has 1 aromatic carbocycles. The number of carbonyl (C=O) groups excluding carboxylic acids is 1. The molecule has 0 aliphatic heterocycles. The predicted molar refractivity (Wildman–Crippen MR) is 128 cm³/mol. The number of thiophene rings is 1. The van der Waals surface area contributed by atoms with Crippen LogP contribution in [-0.4, -0.2) is 62.9 Å². The average Bonchev–Trinajstić information content (AvgIpc) is 3.45. The summed E-state index contributed by atoms with van der Waals surface area (Å²) in [5.74, 6) is 1.48. The maximum atomic E-state index is 13.0. The van der Waals surface area contributed by atoms with Crippen LogP contribution in [-0.2, 0) is 17.6 Å². The van der Waals surface area contributed by atoms with Gasteiger partial charge in [0.25, 0.3) is 0 Å². The van der Waals surface area contributed by atoms with Crippen LogP contribution < -0.4 is 10.1 Å². The summed E-state index contributed by atoms with van der Waals surface area (Å²) >= 11 is 1.63. The Balaban J connectivity index is 1.48. The normalized spacial score (nSPS) is 15.5. The number of aromatic nitrogens is 4. The number of H-pyrrole nitrogens is 1. The van der Waals surface area contributed by atoms with E-state index in [1.165, 1.54) is 10.4 Å². The molecule has 3 heterocycles. The molecule has 0 unspecified atom stereocenters. The van der Waals surface area contributed by atoms with E-state index < -0.39 is 0 Å². The highest BCUT2D eigenvalue weighted by molar-refractivity contribution is 7.19. The van der Waals surface area contributed by atoms with Crippen molar-refractivity contribution in [2.45, 2.75) is 26.2 Å². The third kappa shape index (κ3) is 3.89. The Morgan fingerprint density at radius 3 is 3.06 bits per heavy atom. The van der Waals surface area contributed by atoms with Crippen molar-refractivity contribution in [3.05, 3.63) is 35.1 Å². The minimum absolute atomic E-state index is 0.0148. The third-order valence-corrected chi connectivity index (χ3v) is 7.43. The molecule has 4 aromatic rings. The summed E-state index contributed by atoms with van der Waals surface area (Å²) in [6.07, 6.45) is 5.61. The molecular formula is C23H26N6O3S. The number of aryl methyl sites for hydroxylation is 1. The summed E-state index contributed by atoms with van der Waals surface area (Å²) in [7, 11) is 1.64. The number of aliphatic hydroxyl groups excluding tert-OH is 1. The van der Waals surface area contributed by atoms with Crippen molar-refractivity contribution in [1.82, 2.24) is 25.1 Å². The average molecular weight is 467 g/mol. The fourth-order valence-electron chi connectivity index (χ4n) is 4.58. The number of hydrogen-bond donors (Lipinski definition) is 3. The molecule has 9 nitrogen and oxygen atoms in total. The number of nitrogens with zero attached hydrogens (tertiary/aromatic N) is 4. The number of ether oxygens (including phenoxy) is 1. The summed E-state index contributed by atoms with van der Waals surface area (Å²) in [5.41, 5.74) is 2.92. The van der Waals surface area contributed by atoms with E-state index in [1.54, 1.807) is 35.9 Å². The van der Waals surface area contributed by atoms with Crippen molar-refractivity contribution in [1.29, 1.82) is 0 Å². The highest BCUT2D eigenvalue weighted by Gasteiger charge is 2.31. The predicted octanol–water partition coefficient (Wildman–Crippen LogP) is 3.27. The Hall–Kier alpha value is -3.24. The van der Waals surface area contributed by atoms with Gasteiger partial charge >= 0.3 is 0 Å². The van der Waals surface area contributed by atoms with Crippen LogP contribution >= 0.6 is 11.3 Å². The number of benzene rings is 1. The van der Waals surface area contributed by atoms with Gasteiger partial charge in [0.05, 0.1) is 36.5 Å². The molecule has 3 aromatic heterocycles. The maximum Gasteiger partial charge on any atom is 0.226 e. The van der Waals surface area contributed by atoms with Gasteiger partial charge in [0.1, 0.15) is 22.7 Å². The molecule has 172 valence electrons. The molecule has 1 aliphatic rings. The number of rotatable bonds is 7. The van der Waals surface area contributed by atoms with E-state index in [1.807, 2.05) is 19.1 Å². The van der Waals surface area contributed by atoms with Crippen molar-refractivity contribution in [3.63, 3.8) is 0 Å². The molecule has 0 saturated carbocycles. The number of hydrogen-bond acceptors (Lipinski definition) is 8. The molecule has 0 spiro atoms. The highest BCUT2D eigenvalue weighted by atomic mass is 32.1. The van der Waals surface area contributed by atoms with Crippen LogP contribution in [0.3, 0.4) is 0 Å². The quantitative estimate of drug-likeness (QED) is 0.383. The monoisotopic (exact) mass is 466 g/mol. The Kier molecular flexibility index (Phi) is 5.86. The van der Waals surface area contributed by atoms with Crippen molar-refractivity contribution in [3.8, 4) is 5.75 Å². The van der Waals surface area contributed by atoms with Crippen LogP contribution in [0, 0.1) is 5.92 Å². The van der Waals surface area contributed by atoms with Gasteiger partial charge in [-0.15, -0.1) is 11.3 Å². The number of likely N-dealkylation sites (N-methyl/N-ethyl adjacent to an activating group) is 1. The first kappa shape index (κ1) is 21.6. The lowest BCUT2D eigenvalue weighted by Gasteiger charge is -2.28. The van der Waals surface area contributed by atoms with Crippen LogP contribution in [0.4, 0.5) is 11.5 Å². The zero-order valence-corrected chi connectivity index (χ0v) is 19.4. The van der Waals surface area contributed by atoms with Gasteiger partial charge in [0.2, 0.25) is 5.91 Å². The lowest BCUT2D eigenvalue weighted by atomic mass is 9.87. The van der Waals surface area contributed by atoms with Gasteiger partial charge in [-0.25, -0.2) is 9.97 Å². The number of fused-ring (bicyclic) bond motifs is 4. The Labute approximate surface area is 194 Å². The summed E-state index contributed by atoms with van der Waals surface area (Å²) in [5, 5.41) is 21.8. The van der Waals surface area contributed by atoms with E-state index in [-0.39, 0.29) is 18.4 Å². The van der Waals surface area contributed by atoms with E-state index >= 15 is 0 Å². The number of nitrogens with one attached hydrogen (secondary N) is 2. The van der Waals surface area contributed by atoms with Gasteiger partial charge in [-0.3, -0.25) is 9.89 Å². The van der Waals surface area contributed by atoms with Crippen LogP contribution in [0.25, 0.3) is 21.1 Å². The smallest absolute Gasteiger partial charge is 0.226 e. The highest BCUT2D eigenvalue weighted by Crippen LogP contribution is 2.41. The molecule has 1 amide bonds. The van der Waals surface area contributed by atoms with Gasteiger partial charge < -0.3 is 20.1 Å². The largest absolute Gasteiger partial charge is 0.494 e. The molecule has 0 fully saturated rings. The van der Waals surface area contributed by atoms with Gasteiger partial charge in [0, 0.05) is 35.3 Å². The number of amides is 1. The first-order chi connectivity index (χ1) is 16.1. The fraction of sp³-hybridized carbons (Fsp3) is 0.391. The second kappa shape index (κ2) is 8.95. The number of carbonyl (C=O) groups is 1. The van der Waals surface area contributed by atoms with E-state index in [9.17, 15) is 9.90 Å². The summed E-state index contributed by atoms with van der Waals surface area (Å²) in [4.78, 5) is 25.9. The van der Waals surface area contributed by atoms with Gasteiger partial charge in [0.15, 0.2) is 0 Å². The lowest BCUT2D eigenvalue weighted by Crippen LogP contribution is -2.39. The molecule has 0 bridgehead atoms.